The number of hydrogen-bond acceptors (Lipinski definition) is 3. The van der Waals surface area contributed by atoms with Crippen LogP contribution in [-0.4, -0.2) is 35.4 Å². The molecule has 2 N–H and O–H groups in total. The van der Waals surface area contributed by atoms with E-state index in [4.69, 9.17) is 0 Å². The first-order valence-electron chi connectivity index (χ1n) is 3.62. The number of nitrogens with two attached hydrogens (primary N) is 1. The third kappa shape index (κ3) is 1.74. The van der Waals surface area contributed by atoms with E-state index in [2.05, 4.69) is 5.73 Å². The maximum atomic E-state index is 13.0. The molecule has 86 valence electrons. The Labute approximate surface area is 80.6 Å². The molecule has 15 heavy (non-hydrogen) atoms. The molecule has 0 aromatic carbocycles. The Hall–Kier alpha value is -1.38. The van der Waals surface area contributed by atoms with Gasteiger partial charge in [-0.1, -0.05) is 0 Å². The number of carbonyl (C=O) groups is 1. The smallest absolute Gasteiger partial charge is 0.366 e. The highest BCUT2D eigenvalue weighted by Crippen LogP contribution is 2.38. The van der Waals surface area contributed by atoms with Crippen LogP contribution < -0.4 is 5.73 Å². The van der Waals surface area contributed by atoms with Gasteiger partial charge in [0.25, 0.3) is 5.91 Å². The van der Waals surface area contributed by atoms with Crippen molar-refractivity contribution in [3.8, 4) is 0 Å². The summed E-state index contributed by atoms with van der Waals surface area (Å²) in [4.78, 5) is 10.6. The Morgan fingerprint density at radius 3 is 2.20 bits per heavy atom. The van der Waals surface area contributed by atoms with Gasteiger partial charge in [0.1, 0.15) is 5.57 Å². The van der Waals surface area contributed by atoms with Crippen LogP contribution in [0.1, 0.15) is 0 Å². The first-order chi connectivity index (χ1) is 6.68. The summed E-state index contributed by atoms with van der Waals surface area (Å²) in [6.45, 7) is 0. The fraction of sp³-hybridized carbons (Fsp3) is 0.500. The maximum absolute atomic E-state index is 13.0. The number of amides is 1. The van der Waals surface area contributed by atoms with Crippen LogP contribution in [0.5, 0.6) is 0 Å². The highest BCUT2D eigenvalue weighted by molar-refractivity contribution is 5.94. The van der Waals surface area contributed by atoms with Crippen LogP contribution in [0.4, 0.5) is 22.0 Å². The molecule has 0 saturated carbocycles. The predicted molar refractivity (Wildman–Crippen MR) is 37.9 cm³/mol. The Bertz CT molecular complexity index is 325. The lowest BCUT2D eigenvalue weighted by molar-refractivity contribution is -0.251. The van der Waals surface area contributed by atoms with Gasteiger partial charge in [-0.15, -0.1) is 4.48 Å². The van der Waals surface area contributed by atoms with Crippen LogP contribution in [0, 0.1) is 0 Å². The molecule has 0 aromatic heterocycles. The van der Waals surface area contributed by atoms with Gasteiger partial charge in [-0.2, -0.15) is 17.6 Å². The van der Waals surface area contributed by atoms with E-state index in [1.807, 2.05) is 0 Å². The molecule has 0 bridgehead atoms. The molecule has 0 spiro atoms. The van der Waals surface area contributed by atoms with E-state index >= 15 is 0 Å². The monoisotopic (exact) mass is 231 g/mol. The second-order valence-corrected chi connectivity index (χ2v) is 2.83. The molecule has 4 nitrogen and oxygen atoms in total. The second kappa shape index (κ2) is 3.33. The molecule has 1 amide bonds. The van der Waals surface area contributed by atoms with E-state index in [0.29, 0.717) is 7.05 Å². The average Bonchev–Trinajstić information content (AvgIpc) is 2.28. The van der Waals surface area contributed by atoms with Crippen LogP contribution in [-0.2, 0) is 4.79 Å². The fourth-order valence-corrected chi connectivity index (χ4v) is 1.17. The van der Waals surface area contributed by atoms with Crippen molar-refractivity contribution in [3.63, 3.8) is 0 Å². The third-order valence-electron chi connectivity index (χ3n) is 1.85. The van der Waals surface area contributed by atoms with E-state index < -0.39 is 34.9 Å². The van der Waals surface area contributed by atoms with Crippen LogP contribution in [0.3, 0.4) is 0 Å². The summed E-state index contributed by atoms with van der Waals surface area (Å²) in [7, 11) is 0.698. The van der Waals surface area contributed by atoms with Gasteiger partial charge in [-0.25, -0.2) is 0 Å². The van der Waals surface area contributed by atoms with Crippen molar-refractivity contribution in [2.75, 3.05) is 7.05 Å². The summed E-state index contributed by atoms with van der Waals surface area (Å²) < 4.78 is 62.6. The number of hydrazine groups is 1. The predicted octanol–water partition coefficient (Wildman–Crippen LogP) is 0.631. The SMILES string of the molecule is CN1C(F)=C(C(N)=O)C(C(F)(F)F)N1F. The number of hydrogen-bond donors (Lipinski definition) is 1. The maximum Gasteiger partial charge on any atom is 0.413 e. The number of rotatable bonds is 1. The largest absolute Gasteiger partial charge is 0.413 e. The minimum atomic E-state index is -5.12. The molecular weight excluding hydrogens is 225 g/mol. The topological polar surface area (TPSA) is 49.6 Å². The van der Waals surface area contributed by atoms with Gasteiger partial charge in [0.05, 0.1) is 0 Å². The summed E-state index contributed by atoms with van der Waals surface area (Å²) in [5.74, 6) is -3.30. The van der Waals surface area contributed by atoms with Crippen molar-refractivity contribution >= 4 is 5.91 Å². The van der Waals surface area contributed by atoms with Crippen molar-refractivity contribution in [1.29, 1.82) is 0 Å². The Morgan fingerprint density at radius 1 is 1.47 bits per heavy atom. The Kier molecular flexibility index (Phi) is 2.60. The second-order valence-electron chi connectivity index (χ2n) is 2.83. The minimum Gasteiger partial charge on any atom is -0.366 e. The Morgan fingerprint density at radius 2 is 1.93 bits per heavy atom. The van der Waals surface area contributed by atoms with Gasteiger partial charge in [-0.3, -0.25) is 9.80 Å². The quantitative estimate of drug-likeness (QED) is 0.409. The molecular formula is C6H6F5N3O. The first kappa shape index (κ1) is 11.7. The average molecular weight is 231 g/mol. The van der Waals surface area contributed by atoms with Crippen LogP contribution in [0.15, 0.2) is 11.5 Å². The number of primary amides is 1. The zero-order valence-electron chi connectivity index (χ0n) is 7.35. The molecule has 1 heterocycles. The first-order valence-corrected chi connectivity index (χ1v) is 3.62. The van der Waals surface area contributed by atoms with Gasteiger partial charge >= 0.3 is 6.18 Å². The molecule has 0 aromatic rings. The van der Waals surface area contributed by atoms with Gasteiger partial charge < -0.3 is 5.73 Å². The molecule has 0 fully saturated rings. The van der Waals surface area contributed by atoms with E-state index in [1.165, 1.54) is 0 Å². The zero-order chi connectivity index (χ0) is 12.0. The minimum absolute atomic E-state index is 0.0712. The van der Waals surface area contributed by atoms with Crippen molar-refractivity contribution in [3.05, 3.63) is 11.5 Å². The van der Waals surface area contributed by atoms with E-state index in [9.17, 15) is 26.8 Å². The molecule has 0 saturated heterocycles. The standard InChI is InChI=1S/C6H6F5N3O/c1-13-4(7)2(5(12)15)3(14(13)11)6(8,9)10/h3H,1H3,(H2,12,15). The lowest BCUT2D eigenvalue weighted by Crippen LogP contribution is -2.45. The van der Waals surface area contributed by atoms with Crippen LogP contribution in [0.2, 0.25) is 0 Å². The normalized spacial score (nSPS) is 23.9. The highest BCUT2D eigenvalue weighted by atomic mass is 19.4. The van der Waals surface area contributed by atoms with E-state index in [0.717, 1.165) is 0 Å². The third-order valence-corrected chi connectivity index (χ3v) is 1.85. The lowest BCUT2D eigenvalue weighted by atomic mass is 10.1. The lowest BCUT2D eigenvalue weighted by Gasteiger charge is -2.23. The summed E-state index contributed by atoms with van der Waals surface area (Å²) in [5.41, 5.74) is 3.11. The van der Waals surface area contributed by atoms with Crippen LogP contribution in [0.25, 0.3) is 0 Å². The van der Waals surface area contributed by atoms with Crippen molar-refractivity contribution in [2.24, 2.45) is 5.73 Å². The molecule has 0 radical (unpaired) electrons. The van der Waals surface area contributed by atoms with E-state index in [1.54, 1.807) is 0 Å². The molecule has 0 aliphatic carbocycles. The number of alkyl halides is 3. The van der Waals surface area contributed by atoms with Crippen molar-refractivity contribution in [2.45, 2.75) is 12.2 Å². The van der Waals surface area contributed by atoms with Crippen LogP contribution >= 0.6 is 0 Å². The summed E-state index contributed by atoms with van der Waals surface area (Å²) in [6.07, 6.45) is -5.12. The van der Waals surface area contributed by atoms with E-state index in [-0.39, 0.29) is 5.01 Å². The summed E-state index contributed by atoms with van der Waals surface area (Å²) in [5, 5.41) is -1.01. The van der Waals surface area contributed by atoms with Crippen molar-refractivity contribution in [1.82, 2.24) is 10.2 Å². The molecule has 1 aliphatic heterocycles. The number of carbonyl (C=O) groups excluding carboxylic acids is 1. The Balaban J connectivity index is 3.22. The zero-order valence-corrected chi connectivity index (χ0v) is 7.35. The van der Waals surface area contributed by atoms with Gasteiger partial charge in [0, 0.05) is 7.05 Å². The molecule has 1 unspecified atom stereocenters. The van der Waals surface area contributed by atoms with Gasteiger partial charge in [-0.05, 0) is 5.23 Å². The summed E-state index contributed by atoms with van der Waals surface area (Å²) >= 11 is 0. The summed E-state index contributed by atoms with van der Waals surface area (Å²) in [6, 6.07) is -2.99. The number of nitrogens with zero attached hydrogens (tertiary/aromatic N) is 2. The molecule has 1 aliphatic rings. The van der Waals surface area contributed by atoms with Gasteiger partial charge in [0.2, 0.25) is 5.95 Å². The van der Waals surface area contributed by atoms with Gasteiger partial charge in [0.15, 0.2) is 6.04 Å². The molecule has 1 rings (SSSR count). The fourth-order valence-electron chi connectivity index (χ4n) is 1.17. The molecule has 1 atom stereocenters. The molecule has 9 heteroatoms. The number of halogens is 5. The highest BCUT2D eigenvalue weighted by Gasteiger charge is 2.56. The van der Waals surface area contributed by atoms with Crippen molar-refractivity contribution < 1.29 is 26.8 Å².